The van der Waals surface area contributed by atoms with Crippen LogP contribution in [0.2, 0.25) is 0 Å². The standard InChI is InChI=1S/C18H26N4O3/c1-3-4-10-24-18-15(11-14-8-6-5-7-9-14)16(12-20-23)25-13(2)17(18)21-22-19/h5-9,13,15-18H,3-4,10-12H2,1-2H3/t13?,15-,16?,17-,18?/m1/s1. The summed E-state index contributed by atoms with van der Waals surface area (Å²) in [5.74, 6) is -0.0938. The molecule has 1 aliphatic rings. The molecule has 7 nitrogen and oxygen atoms in total. The molecule has 25 heavy (non-hydrogen) atoms. The highest BCUT2D eigenvalue weighted by Crippen LogP contribution is 2.33. The topological polar surface area (TPSA) is 96.6 Å². The number of hydrogen-bond acceptors (Lipinski definition) is 5. The average molecular weight is 346 g/mol. The molecule has 1 heterocycles. The van der Waals surface area contributed by atoms with Crippen molar-refractivity contribution in [1.29, 1.82) is 0 Å². The van der Waals surface area contributed by atoms with Crippen molar-refractivity contribution in [2.24, 2.45) is 16.2 Å². The zero-order chi connectivity index (χ0) is 18.1. The first-order valence-corrected chi connectivity index (χ1v) is 8.85. The van der Waals surface area contributed by atoms with Crippen LogP contribution in [0, 0.1) is 10.8 Å². The number of rotatable bonds is 9. The second kappa shape index (κ2) is 10.1. The Morgan fingerprint density at radius 2 is 2.08 bits per heavy atom. The highest BCUT2D eigenvalue weighted by molar-refractivity contribution is 5.17. The van der Waals surface area contributed by atoms with Gasteiger partial charge in [-0.3, -0.25) is 0 Å². The highest BCUT2D eigenvalue weighted by atomic mass is 16.5. The molecule has 1 fully saturated rings. The van der Waals surface area contributed by atoms with Gasteiger partial charge < -0.3 is 9.47 Å². The third-order valence-electron chi connectivity index (χ3n) is 4.67. The van der Waals surface area contributed by atoms with E-state index in [1.165, 1.54) is 0 Å². The molecule has 0 saturated carbocycles. The van der Waals surface area contributed by atoms with Gasteiger partial charge in [0.15, 0.2) is 0 Å². The lowest BCUT2D eigenvalue weighted by Crippen LogP contribution is -2.55. The van der Waals surface area contributed by atoms with Gasteiger partial charge in [0.25, 0.3) is 0 Å². The number of benzene rings is 1. The van der Waals surface area contributed by atoms with Crippen molar-refractivity contribution in [3.8, 4) is 0 Å². The quantitative estimate of drug-likeness (QED) is 0.220. The third kappa shape index (κ3) is 5.26. The Hall–Kier alpha value is -1.95. The van der Waals surface area contributed by atoms with Crippen LogP contribution in [-0.4, -0.2) is 37.5 Å². The summed E-state index contributed by atoms with van der Waals surface area (Å²) in [6.07, 6.45) is 1.68. The molecule has 0 aromatic heterocycles. The molecular weight excluding hydrogens is 320 g/mol. The molecule has 1 aromatic carbocycles. The van der Waals surface area contributed by atoms with Gasteiger partial charge in [0.2, 0.25) is 0 Å². The Morgan fingerprint density at radius 1 is 1.32 bits per heavy atom. The van der Waals surface area contributed by atoms with Gasteiger partial charge in [-0.1, -0.05) is 54.0 Å². The lowest BCUT2D eigenvalue weighted by atomic mass is 9.81. The zero-order valence-electron chi connectivity index (χ0n) is 14.8. The largest absolute Gasteiger partial charge is 0.377 e. The van der Waals surface area contributed by atoms with E-state index in [0.29, 0.717) is 13.0 Å². The molecule has 5 atom stereocenters. The Bertz CT molecular complexity index is 577. The van der Waals surface area contributed by atoms with Crippen LogP contribution >= 0.6 is 0 Å². The number of unbranched alkanes of at least 4 members (excludes halogenated alkanes) is 1. The van der Waals surface area contributed by atoms with Gasteiger partial charge in [-0.2, -0.15) is 4.91 Å². The molecule has 0 N–H and O–H groups in total. The normalized spacial score (nSPS) is 29.0. The van der Waals surface area contributed by atoms with Crippen LogP contribution in [0.3, 0.4) is 0 Å². The third-order valence-corrected chi connectivity index (χ3v) is 4.67. The minimum absolute atomic E-state index is 0.0679. The molecule has 0 aliphatic carbocycles. The summed E-state index contributed by atoms with van der Waals surface area (Å²) in [5.41, 5.74) is 10.1. The van der Waals surface area contributed by atoms with Gasteiger partial charge in [-0.25, -0.2) is 0 Å². The summed E-state index contributed by atoms with van der Waals surface area (Å²) in [6, 6.07) is 9.58. The van der Waals surface area contributed by atoms with E-state index in [9.17, 15) is 4.91 Å². The van der Waals surface area contributed by atoms with Crippen LogP contribution in [0.4, 0.5) is 0 Å². The van der Waals surface area contributed by atoms with E-state index < -0.39 is 6.04 Å². The fourth-order valence-electron chi connectivity index (χ4n) is 3.38. The molecule has 136 valence electrons. The number of ether oxygens (including phenoxy) is 2. The highest BCUT2D eigenvalue weighted by Gasteiger charge is 2.44. The van der Waals surface area contributed by atoms with Crippen molar-refractivity contribution in [3.63, 3.8) is 0 Å². The molecule has 3 unspecified atom stereocenters. The molecule has 1 aromatic rings. The summed E-state index contributed by atoms with van der Waals surface area (Å²) < 4.78 is 12.1. The Kier molecular flexibility index (Phi) is 7.85. The first-order chi connectivity index (χ1) is 12.2. The molecule has 0 spiro atoms. The fourth-order valence-corrected chi connectivity index (χ4v) is 3.38. The second-order valence-electron chi connectivity index (χ2n) is 6.43. The Balaban J connectivity index is 2.28. The van der Waals surface area contributed by atoms with E-state index in [2.05, 4.69) is 22.1 Å². The molecule has 0 bridgehead atoms. The maximum Gasteiger partial charge on any atom is 0.108 e. The lowest BCUT2D eigenvalue weighted by Gasteiger charge is -2.44. The van der Waals surface area contributed by atoms with Crippen LogP contribution in [0.25, 0.3) is 10.4 Å². The maximum atomic E-state index is 10.9. The Morgan fingerprint density at radius 3 is 2.72 bits per heavy atom. The van der Waals surface area contributed by atoms with E-state index in [0.717, 1.165) is 18.4 Å². The monoisotopic (exact) mass is 346 g/mol. The van der Waals surface area contributed by atoms with Crippen molar-refractivity contribution in [2.45, 2.75) is 57.5 Å². The van der Waals surface area contributed by atoms with Crippen molar-refractivity contribution in [1.82, 2.24) is 0 Å². The van der Waals surface area contributed by atoms with Crippen molar-refractivity contribution >= 4 is 0 Å². The van der Waals surface area contributed by atoms with Gasteiger partial charge in [-0.15, -0.1) is 0 Å². The second-order valence-corrected chi connectivity index (χ2v) is 6.43. The van der Waals surface area contributed by atoms with Gasteiger partial charge in [-0.05, 0) is 30.9 Å². The van der Waals surface area contributed by atoms with Gasteiger partial charge in [0.1, 0.15) is 6.54 Å². The molecule has 0 amide bonds. The Labute approximate surface area is 148 Å². The maximum absolute atomic E-state index is 10.9. The number of hydrogen-bond donors (Lipinski definition) is 0. The van der Waals surface area contributed by atoms with Crippen molar-refractivity contribution in [3.05, 3.63) is 51.2 Å². The fraction of sp³-hybridized carbons (Fsp3) is 0.667. The van der Waals surface area contributed by atoms with Crippen LogP contribution in [-0.2, 0) is 15.9 Å². The van der Waals surface area contributed by atoms with E-state index in [4.69, 9.17) is 15.0 Å². The molecule has 7 heteroatoms. The van der Waals surface area contributed by atoms with Crippen molar-refractivity contribution < 1.29 is 9.47 Å². The van der Waals surface area contributed by atoms with Gasteiger partial charge in [0, 0.05) is 17.4 Å². The predicted molar refractivity (Wildman–Crippen MR) is 96.2 cm³/mol. The van der Waals surface area contributed by atoms with E-state index in [1.807, 2.05) is 37.3 Å². The predicted octanol–water partition coefficient (Wildman–Crippen LogP) is 4.26. The minimum atomic E-state index is -0.418. The smallest absolute Gasteiger partial charge is 0.108 e. The number of nitroso groups, excluding NO2 is 1. The number of azide groups is 1. The van der Waals surface area contributed by atoms with Crippen LogP contribution in [0.5, 0.6) is 0 Å². The molecule has 0 radical (unpaired) electrons. The minimum Gasteiger partial charge on any atom is -0.377 e. The SMILES string of the molecule is CCCCOC1[C@H](Cc2ccccc2)C(CN=O)OC(C)[C@H]1N=[N+]=[N-]. The average Bonchev–Trinajstić information content (AvgIpc) is 2.62. The summed E-state index contributed by atoms with van der Waals surface area (Å²) in [4.78, 5) is 13.9. The first kappa shape index (κ1) is 19.4. The molecule has 1 saturated heterocycles. The van der Waals surface area contributed by atoms with Crippen LogP contribution < -0.4 is 0 Å². The lowest BCUT2D eigenvalue weighted by molar-refractivity contribution is -0.156. The van der Waals surface area contributed by atoms with Crippen LogP contribution in [0.15, 0.2) is 40.6 Å². The summed E-state index contributed by atoms with van der Waals surface area (Å²) in [7, 11) is 0. The summed E-state index contributed by atoms with van der Waals surface area (Å²) in [6.45, 7) is 4.61. The van der Waals surface area contributed by atoms with Crippen LogP contribution in [0.1, 0.15) is 32.3 Å². The van der Waals surface area contributed by atoms with E-state index >= 15 is 0 Å². The van der Waals surface area contributed by atoms with Crippen molar-refractivity contribution in [2.75, 3.05) is 13.2 Å². The molecule has 2 rings (SSSR count). The zero-order valence-corrected chi connectivity index (χ0v) is 14.8. The first-order valence-electron chi connectivity index (χ1n) is 8.85. The van der Waals surface area contributed by atoms with Gasteiger partial charge in [0.05, 0.1) is 24.4 Å². The number of nitrogens with zero attached hydrogens (tertiary/aromatic N) is 4. The molecule has 1 aliphatic heterocycles. The van der Waals surface area contributed by atoms with E-state index in [1.54, 1.807) is 0 Å². The summed E-state index contributed by atoms with van der Waals surface area (Å²) in [5, 5.41) is 6.99. The van der Waals surface area contributed by atoms with E-state index in [-0.39, 0.29) is 30.8 Å². The molecular formula is C18H26N4O3. The van der Waals surface area contributed by atoms with Gasteiger partial charge >= 0.3 is 0 Å². The summed E-state index contributed by atoms with van der Waals surface area (Å²) >= 11 is 0.